The highest BCUT2D eigenvalue weighted by atomic mass is 16.2. The number of para-hydroxylation sites is 1. The minimum Gasteiger partial charge on any atom is -0.337 e. The number of nitrogens with zero attached hydrogens (tertiary/aromatic N) is 4. The molecule has 0 saturated carbocycles. The molecule has 3 heterocycles. The third-order valence-electron chi connectivity index (χ3n) is 5.98. The van der Waals surface area contributed by atoms with Gasteiger partial charge in [0.05, 0.1) is 17.1 Å². The van der Waals surface area contributed by atoms with Crippen LogP contribution in [0.2, 0.25) is 0 Å². The highest BCUT2D eigenvalue weighted by molar-refractivity contribution is 6.04. The number of fused-ring (bicyclic) bond motifs is 1. The van der Waals surface area contributed by atoms with Crippen LogP contribution < -0.4 is 5.32 Å². The monoisotopic (exact) mass is 431 g/mol. The molecule has 4 rings (SSSR count). The number of carbonyl (C=O) groups excluding carboxylic acids is 2. The summed E-state index contributed by atoms with van der Waals surface area (Å²) >= 11 is 0. The maximum absolute atomic E-state index is 13.1. The fourth-order valence-electron chi connectivity index (χ4n) is 4.56. The first-order valence-electron chi connectivity index (χ1n) is 11.0. The Morgan fingerprint density at radius 3 is 2.59 bits per heavy atom. The summed E-state index contributed by atoms with van der Waals surface area (Å²) < 4.78 is 2.11. The van der Waals surface area contributed by atoms with E-state index >= 15 is 0 Å². The van der Waals surface area contributed by atoms with Crippen molar-refractivity contribution in [1.29, 1.82) is 0 Å². The zero-order valence-electron chi connectivity index (χ0n) is 18.9. The zero-order chi connectivity index (χ0) is 22.8. The lowest BCUT2D eigenvalue weighted by molar-refractivity contribution is -0.126. The van der Waals surface area contributed by atoms with E-state index < -0.39 is 0 Å². The van der Waals surface area contributed by atoms with Crippen molar-refractivity contribution >= 4 is 28.8 Å². The minimum atomic E-state index is -0.222. The van der Waals surface area contributed by atoms with E-state index in [9.17, 15) is 9.59 Å². The lowest BCUT2D eigenvalue weighted by atomic mass is 10.1. The van der Waals surface area contributed by atoms with Gasteiger partial charge >= 0.3 is 0 Å². The highest BCUT2D eigenvalue weighted by Gasteiger charge is 2.27. The van der Waals surface area contributed by atoms with Gasteiger partial charge in [-0.3, -0.25) is 19.9 Å². The van der Waals surface area contributed by atoms with Crippen LogP contribution in [0.1, 0.15) is 52.6 Å². The van der Waals surface area contributed by atoms with Crippen LogP contribution in [-0.4, -0.2) is 44.3 Å². The SMILES string of the molecule is C=CC(=O)N1CCCC[C@@H](n2c(NC(=O)c3cc(C)nc(C)c3)nc3cccc(C)c32)C1. The van der Waals surface area contributed by atoms with Gasteiger partial charge in [0.1, 0.15) is 0 Å². The van der Waals surface area contributed by atoms with Crippen molar-refractivity contribution in [1.82, 2.24) is 19.4 Å². The fourth-order valence-corrected chi connectivity index (χ4v) is 4.56. The lowest BCUT2D eigenvalue weighted by Gasteiger charge is -2.26. The number of pyridine rings is 1. The van der Waals surface area contributed by atoms with E-state index in [-0.39, 0.29) is 17.9 Å². The minimum absolute atomic E-state index is 0.00344. The van der Waals surface area contributed by atoms with Crippen molar-refractivity contribution in [3.8, 4) is 0 Å². The number of aryl methyl sites for hydroxylation is 3. The molecule has 1 atom stereocenters. The molecule has 2 aromatic heterocycles. The molecule has 0 aliphatic carbocycles. The second-order valence-corrected chi connectivity index (χ2v) is 8.48. The smallest absolute Gasteiger partial charge is 0.258 e. The second kappa shape index (κ2) is 8.94. The number of benzene rings is 1. The standard InChI is InChI=1S/C25H29N5O2/c1-5-22(31)29-12-7-6-10-20(15-29)30-23-16(2)9-8-11-21(23)27-25(30)28-24(32)19-13-17(3)26-18(4)14-19/h5,8-9,11,13-14,20H,1,6-7,10,12,15H2,2-4H3,(H,27,28,32)/t20-/m1/s1. The van der Waals surface area contributed by atoms with Crippen molar-refractivity contribution in [3.05, 3.63) is 65.5 Å². The maximum Gasteiger partial charge on any atom is 0.258 e. The Hall–Kier alpha value is -3.48. The number of aromatic nitrogens is 3. The molecule has 32 heavy (non-hydrogen) atoms. The summed E-state index contributed by atoms with van der Waals surface area (Å²) in [5.41, 5.74) is 5.03. The second-order valence-electron chi connectivity index (χ2n) is 8.48. The molecule has 1 saturated heterocycles. The predicted molar refractivity (Wildman–Crippen MR) is 126 cm³/mol. The molecule has 7 nitrogen and oxygen atoms in total. The van der Waals surface area contributed by atoms with Crippen molar-refractivity contribution in [3.63, 3.8) is 0 Å². The number of nitrogens with one attached hydrogen (secondary N) is 1. The number of likely N-dealkylation sites (tertiary alicyclic amines) is 1. The van der Waals surface area contributed by atoms with Gasteiger partial charge in [0.2, 0.25) is 11.9 Å². The fraction of sp³-hybridized carbons (Fsp3) is 0.360. The average Bonchev–Trinajstić information content (AvgIpc) is 2.95. The molecule has 1 fully saturated rings. The summed E-state index contributed by atoms with van der Waals surface area (Å²) in [7, 11) is 0. The number of anilines is 1. The Bertz CT molecular complexity index is 1180. The number of carbonyl (C=O) groups is 2. The van der Waals surface area contributed by atoms with Crippen LogP contribution in [0.15, 0.2) is 43.0 Å². The van der Waals surface area contributed by atoms with Gasteiger partial charge < -0.3 is 9.47 Å². The Morgan fingerprint density at radius 2 is 1.88 bits per heavy atom. The van der Waals surface area contributed by atoms with E-state index in [2.05, 4.69) is 21.4 Å². The van der Waals surface area contributed by atoms with Crippen molar-refractivity contribution in [2.24, 2.45) is 0 Å². The van der Waals surface area contributed by atoms with Crippen LogP contribution in [0, 0.1) is 20.8 Å². The first-order chi connectivity index (χ1) is 15.4. The van der Waals surface area contributed by atoms with Crippen molar-refractivity contribution < 1.29 is 9.59 Å². The Morgan fingerprint density at radius 1 is 1.12 bits per heavy atom. The average molecular weight is 432 g/mol. The quantitative estimate of drug-likeness (QED) is 0.623. The topological polar surface area (TPSA) is 80.1 Å². The molecule has 0 unspecified atom stereocenters. The van der Waals surface area contributed by atoms with Crippen LogP contribution >= 0.6 is 0 Å². The molecule has 0 radical (unpaired) electrons. The third kappa shape index (κ3) is 4.28. The molecular formula is C25H29N5O2. The third-order valence-corrected chi connectivity index (χ3v) is 5.98. The van der Waals surface area contributed by atoms with E-state index in [0.29, 0.717) is 24.6 Å². The molecule has 7 heteroatoms. The van der Waals surface area contributed by atoms with Gasteiger partial charge in [-0.2, -0.15) is 0 Å². The summed E-state index contributed by atoms with van der Waals surface area (Å²) in [6.45, 7) is 10.7. The van der Waals surface area contributed by atoms with Crippen LogP contribution in [0.5, 0.6) is 0 Å². The molecule has 1 aliphatic heterocycles. The van der Waals surface area contributed by atoms with Gasteiger partial charge in [-0.25, -0.2) is 4.98 Å². The van der Waals surface area contributed by atoms with Gasteiger partial charge in [0.25, 0.3) is 5.91 Å². The van der Waals surface area contributed by atoms with E-state index in [1.165, 1.54) is 6.08 Å². The number of amides is 2. The van der Waals surface area contributed by atoms with Gasteiger partial charge in [0.15, 0.2) is 0 Å². The first-order valence-corrected chi connectivity index (χ1v) is 11.0. The van der Waals surface area contributed by atoms with Crippen LogP contribution in [0.25, 0.3) is 11.0 Å². The number of rotatable bonds is 4. The molecule has 2 amide bonds. The molecule has 1 aliphatic rings. The van der Waals surface area contributed by atoms with Crippen LogP contribution in [0.4, 0.5) is 5.95 Å². The van der Waals surface area contributed by atoms with E-state index in [1.807, 2.05) is 43.9 Å². The van der Waals surface area contributed by atoms with Gasteiger partial charge in [-0.1, -0.05) is 18.7 Å². The summed E-state index contributed by atoms with van der Waals surface area (Å²) in [6, 6.07) is 9.53. The molecule has 0 spiro atoms. The van der Waals surface area contributed by atoms with Crippen LogP contribution in [0.3, 0.4) is 0 Å². The van der Waals surface area contributed by atoms with Crippen molar-refractivity contribution in [2.75, 3.05) is 18.4 Å². The molecule has 1 aromatic carbocycles. The van der Waals surface area contributed by atoms with Gasteiger partial charge in [-0.05, 0) is 69.9 Å². The van der Waals surface area contributed by atoms with E-state index in [0.717, 1.165) is 47.2 Å². The van der Waals surface area contributed by atoms with E-state index in [1.54, 1.807) is 12.1 Å². The summed E-state index contributed by atoms with van der Waals surface area (Å²) in [5, 5.41) is 3.04. The zero-order valence-corrected chi connectivity index (χ0v) is 18.9. The Labute approximate surface area is 188 Å². The number of hydrogen-bond donors (Lipinski definition) is 1. The van der Waals surface area contributed by atoms with Crippen LogP contribution in [-0.2, 0) is 4.79 Å². The van der Waals surface area contributed by atoms with Gasteiger partial charge in [0, 0.05) is 30.0 Å². The molecule has 3 aromatic rings. The lowest BCUT2D eigenvalue weighted by Crippen LogP contribution is -2.34. The Kier molecular flexibility index (Phi) is 6.08. The molecule has 1 N–H and O–H groups in total. The predicted octanol–water partition coefficient (Wildman–Crippen LogP) is 4.35. The van der Waals surface area contributed by atoms with Gasteiger partial charge in [-0.15, -0.1) is 0 Å². The highest BCUT2D eigenvalue weighted by Crippen LogP contribution is 2.32. The Balaban J connectivity index is 1.77. The van der Waals surface area contributed by atoms with Crippen molar-refractivity contribution in [2.45, 2.75) is 46.1 Å². The molecular weight excluding hydrogens is 402 g/mol. The summed E-state index contributed by atoms with van der Waals surface area (Å²) in [5.74, 6) is 0.219. The normalized spacial score (nSPS) is 16.6. The van der Waals surface area contributed by atoms with E-state index in [4.69, 9.17) is 4.98 Å². The largest absolute Gasteiger partial charge is 0.337 e. The molecule has 0 bridgehead atoms. The summed E-state index contributed by atoms with van der Waals surface area (Å²) in [6.07, 6.45) is 4.21. The molecule has 166 valence electrons. The number of hydrogen-bond acceptors (Lipinski definition) is 4. The summed E-state index contributed by atoms with van der Waals surface area (Å²) in [4.78, 5) is 36.5. The first kappa shape index (κ1) is 21.7. The maximum atomic E-state index is 13.1. The number of imidazole rings is 1.